The summed E-state index contributed by atoms with van der Waals surface area (Å²) in [5.74, 6) is 0.808. The van der Waals surface area contributed by atoms with Gasteiger partial charge in [0.2, 0.25) is 0 Å². The van der Waals surface area contributed by atoms with Gasteiger partial charge in [0.25, 0.3) is 0 Å². The lowest BCUT2D eigenvalue weighted by molar-refractivity contribution is -0.0962. The van der Waals surface area contributed by atoms with E-state index >= 15 is 0 Å². The molecule has 4 nitrogen and oxygen atoms in total. The summed E-state index contributed by atoms with van der Waals surface area (Å²) >= 11 is 4.19. The third-order valence-corrected chi connectivity index (χ3v) is 10.4. The van der Waals surface area contributed by atoms with E-state index in [1.807, 2.05) is 17.6 Å². The van der Waals surface area contributed by atoms with E-state index in [-0.39, 0.29) is 12.5 Å². The van der Waals surface area contributed by atoms with Crippen LogP contribution in [-0.2, 0) is 0 Å². The standard InChI is InChI=1S/C30H38F3IN4S/c1-20-29(37-19-39-20)28(22-6-2-7-22)23-8-3-11-25(15-23)35-17-27-26(30(31,32)33)14-21(16-36-27)18-38-12-4-9-24(34)10-5-13-38/h3,8,11,14-16,19,22,24,27-28,35-36H,2,4-7,9-10,12-13,17-18H2,1H3. The Hall–Kier alpha value is -1.59. The highest BCUT2D eigenvalue weighted by Crippen LogP contribution is 2.44. The number of thiazole rings is 1. The van der Waals surface area contributed by atoms with Gasteiger partial charge in [-0.2, -0.15) is 13.2 Å². The molecule has 1 saturated carbocycles. The summed E-state index contributed by atoms with van der Waals surface area (Å²) in [6.45, 7) is 4.71. The van der Waals surface area contributed by atoms with Gasteiger partial charge in [0.15, 0.2) is 0 Å². The maximum Gasteiger partial charge on any atom is 0.414 e. The molecule has 2 fully saturated rings. The number of dihydropyridines is 1. The SMILES string of the molecule is Cc1scnc1C(c1cccc(NCC2NC=C(CN3CCCC(I)CCC3)C=C2C(F)(F)F)c1)C1CCC1. The number of rotatable bonds is 8. The van der Waals surface area contributed by atoms with Crippen LogP contribution in [0.15, 0.2) is 53.2 Å². The fraction of sp³-hybridized carbons (Fsp3) is 0.567. The van der Waals surface area contributed by atoms with Crippen LogP contribution in [0.25, 0.3) is 0 Å². The van der Waals surface area contributed by atoms with Crippen molar-refractivity contribution in [1.29, 1.82) is 0 Å². The van der Waals surface area contributed by atoms with Crippen molar-refractivity contribution in [2.75, 3.05) is 31.5 Å². The van der Waals surface area contributed by atoms with Gasteiger partial charge in [-0.1, -0.05) is 41.1 Å². The van der Waals surface area contributed by atoms with Crippen LogP contribution in [0.4, 0.5) is 18.9 Å². The number of benzene rings is 1. The summed E-state index contributed by atoms with van der Waals surface area (Å²) in [5, 5.41) is 6.38. The largest absolute Gasteiger partial charge is 0.414 e. The first-order valence-corrected chi connectivity index (χ1v) is 16.2. The molecule has 2 N–H and O–H groups in total. The first-order chi connectivity index (χ1) is 18.8. The topological polar surface area (TPSA) is 40.2 Å². The summed E-state index contributed by atoms with van der Waals surface area (Å²) in [6, 6.07) is 7.34. The van der Waals surface area contributed by atoms with Gasteiger partial charge in [0.1, 0.15) is 0 Å². The summed E-state index contributed by atoms with van der Waals surface area (Å²) in [4.78, 5) is 8.23. The quantitative estimate of drug-likeness (QED) is 0.222. The van der Waals surface area contributed by atoms with Crippen LogP contribution in [0.1, 0.15) is 67.0 Å². The van der Waals surface area contributed by atoms with Crippen LogP contribution in [0, 0.1) is 12.8 Å². The maximum absolute atomic E-state index is 14.1. The van der Waals surface area contributed by atoms with Crippen molar-refractivity contribution in [3.8, 4) is 0 Å². The van der Waals surface area contributed by atoms with Crippen LogP contribution in [0.5, 0.6) is 0 Å². The smallest absolute Gasteiger partial charge is 0.383 e. The molecule has 1 saturated heterocycles. The molecule has 1 aliphatic carbocycles. The van der Waals surface area contributed by atoms with E-state index in [2.05, 4.69) is 62.2 Å². The van der Waals surface area contributed by atoms with E-state index in [1.165, 1.54) is 48.6 Å². The number of aromatic nitrogens is 1. The Morgan fingerprint density at radius 2 is 1.92 bits per heavy atom. The summed E-state index contributed by atoms with van der Waals surface area (Å²) in [7, 11) is 0. The number of anilines is 1. The molecule has 2 aromatic rings. The Labute approximate surface area is 247 Å². The average molecular weight is 671 g/mol. The molecule has 1 aromatic carbocycles. The van der Waals surface area contributed by atoms with Gasteiger partial charge >= 0.3 is 6.18 Å². The van der Waals surface area contributed by atoms with Gasteiger partial charge in [-0.25, -0.2) is 4.98 Å². The van der Waals surface area contributed by atoms with Crippen LogP contribution >= 0.6 is 33.9 Å². The number of likely N-dealkylation sites (tertiary alicyclic amines) is 1. The molecular formula is C30H38F3IN4S. The molecule has 1 aromatic heterocycles. The Balaban J connectivity index is 1.25. The van der Waals surface area contributed by atoms with Gasteiger partial charge < -0.3 is 10.6 Å². The molecule has 0 spiro atoms. The van der Waals surface area contributed by atoms with Crippen LogP contribution in [-0.4, -0.2) is 52.2 Å². The predicted octanol–water partition coefficient (Wildman–Crippen LogP) is 7.82. The van der Waals surface area contributed by atoms with Crippen molar-refractivity contribution in [3.05, 3.63) is 69.3 Å². The lowest BCUT2D eigenvalue weighted by Crippen LogP contribution is -2.42. The second kappa shape index (κ2) is 12.9. The second-order valence-corrected chi connectivity index (χ2v) is 14.0. The molecule has 3 heterocycles. The van der Waals surface area contributed by atoms with Crippen molar-refractivity contribution in [2.45, 2.75) is 73.9 Å². The van der Waals surface area contributed by atoms with Crippen molar-refractivity contribution in [2.24, 2.45) is 5.92 Å². The molecule has 5 rings (SSSR count). The second-order valence-electron chi connectivity index (χ2n) is 11.2. The molecular weight excluding hydrogens is 632 g/mol. The van der Waals surface area contributed by atoms with E-state index < -0.39 is 17.8 Å². The number of nitrogens with zero attached hydrogens (tertiary/aromatic N) is 2. The van der Waals surface area contributed by atoms with Gasteiger partial charge in [-0.3, -0.25) is 4.90 Å². The van der Waals surface area contributed by atoms with Crippen molar-refractivity contribution < 1.29 is 13.2 Å². The number of alkyl halides is 4. The molecule has 39 heavy (non-hydrogen) atoms. The van der Waals surface area contributed by atoms with Gasteiger partial charge in [0.05, 0.1) is 22.8 Å². The minimum atomic E-state index is -4.39. The zero-order valence-electron chi connectivity index (χ0n) is 22.4. The highest BCUT2D eigenvalue weighted by Gasteiger charge is 2.40. The van der Waals surface area contributed by atoms with Crippen LogP contribution in [0.2, 0.25) is 0 Å². The number of halogens is 4. The molecule has 2 aliphatic heterocycles. The number of nitrogens with one attached hydrogen (secondary N) is 2. The third kappa shape index (κ3) is 7.38. The molecule has 0 radical (unpaired) electrons. The number of hydrogen-bond donors (Lipinski definition) is 2. The molecule has 2 atom stereocenters. The van der Waals surface area contributed by atoms with Crippen molar-refractivity contribution in [3.63, 3.8) is 0 Å². The van der Waals surface area contributed by atoms with Gasteiger partial charge in [-0.15, -0.1) is 11.3 Å². The summed E-state index contributed by atoms with van der Waals surface area (Å²) in [5.41, 5.74) is 5.28. The lowest BCUT2D eigenvalue weighted by Gasteiger charge is -2.34. The molecule has 3 aliphatic rings. The molecule has 0 amide bonds. The summed E-state index contributed by atoms with van der Waals surface area (Å²) in [6.07, 6.45) is 6.95. The minimum Gasteiger partial charge on any atom is -0.383 e. The third-order valence-electron chi connectivity index (χ3n) is 8.36. The Kier molecular flexibility index (Phi) is 9.59. The van der Waals surface area contributed by atoms with Crippen LogP contribution < -0.4 is 10.6 Å². The zero-order valence-corrected chi connectivity index (χ0v) is 25.4. The molecule has 9 heteroatoms. The molecule has 0 bridgehead atoms. The highest BCUT2D eigenvalue weighted by molar-refractivity contribution is 14.1. The molecule has 212 valence electrons. The lowest BCUT2D eigenvalue weighted by atomic mass is 9.71. The summed E-state index contributed by atoms with van der Waals surface area (Å²) < 4.78 is 43.2. The average Bonchev–Trinajstić information content (AvgIpc) is 3.28. The fourth-order valence-corrected chi connectivity index (χ4v) is 7.53. The Morgan fingerprint density at radius 1 is 1.15 bits per heavy atom. The predicted molar refractivity (Wildman–Crippen MR) is 163 cm³/mol. The number of hydrogen-bond acceptors (Lipinski definition) is 5. The van der Waals surface area contributed by atoms with Crippen LogP contribution in [0.3, 0.4) is 0 Å². The maximum atomic E-state index is 14.1. The molecule has 2 unspecified atom stereocenters. The number of aryl methyl sites for hydroxylation is 1. The normalized spacial score (nSPS) is 22.6. The Bertz CT molecular complexity index is 1160. The van der Waals surface area contributed by atoms with Gasteiger partial charge in [-0.05, 0) is 93.8 Å². The Morgan fingerprint density at radius 3 is 2.56 bits per heavy atom. The monoisotopic (exact) mass is 670 g/mol. The van der Waals surface area contributed by atoms with E-state index in [0.717, 1.165) is 37.3 Å². The zero-order chi connectivity index (χ0) is 27.4. The van der Waals surface area contributed by atoms with E-state index in [9.17, 15) is 13.2 Å². The van der Waals surface area contributed by atoms with E-state index in [0.29, 0.717) is 22.0 Å². The fourth-order valence-electron chi connectivity index (χ4n) is 6.03. The van der Waals surface area contributed by atoms with E-state index in [4.69, 9.17) is 0 Å². The van der Waals surface area contributed by atoms with Crippen molar-refractivity contribution in [1.82, 2.24) is 15.2 Å². The minimum absolute atomic E-state index is 0.156. The first-order valence-electron chi connectivity index (χ1n) is 14.1. The first kappa shape index (κ1) is 28.9. The van der Waals surface area contributed by atoms with Gasteiger partial charge in [0, 0.05) is 39.7 Å². The highest BCUT2D eigenvalue weighted by atomic mass is 127. The van der Waals surface area contributed by atoms with Crippen molar-refractivity contribution >= 4 is 39.6 Å². The van der Waals surface area contributed by atoms with E-state index in [1.54, 1.807) is 17.5 Å².